The SMILES string of the molecule is O=C(CCNC(=O)c1cccs1)NC1(CO)CCC1. The largest absolute Gasteiger partial charge is 0.394 e. The third-order valence-electron chi connectivity index (χ3n) is 3.40. The highest BCUT2D eigenvalue weighted by Gasteiger charge is 2.37. The van der Waals surface area contributed by atoms with E-state index in [-0.39, 0.29) is 24.8 Å². The fourth-order valence-electron chi connectivity index (χ4n) is 2.07. The smallest absolute Gasteiger partial charge is 0.261 e. The normalized spacial score (nSPS) is 16.5. The summed E-state index contributed by atoms with van der Waals surface area (Å²) in [5, 5.41) is 16.6. The lowest BCUT2D eigenvalue weighted by Crippen LogP contribution is -2.56. The minimum atomic E-state index is -0.408. The van der Waals surface area contributed by atoms with Crippen LogP contribution >= 0.6 is 11.3 Å². The van der Waals surface area contributed by atoms with Crippen LogP contribution in [-0.4, -0.2) is 35.6 Å². The molecule has 0 unspecified atom stereocenters. The molecular weight excluding hydrogens is 264 g/mol. The van der Waals surface area contributed by atoms with E-state index >= 15 is 0 Å². The van der Waals surface area contributed by atoms with Gasteiger partial charge in [0.2, 0.25) is 5.91 Å². The van der Waals surface area contributed by atoms with Crippen LogP contribution in [0.1, 0.15) is 35.4 Å². The van der Waals surface area contributed by atoms with Gasteiger partial charge in [0.05, 0.1) is 17.0 Å². The Hall–Kier alpha value is -1.40. The second kappa shape index (κ2) is 6.16. The molecule has 0 spiro atoms. The van der Waals surface area contributed by atoms with Crippen molar-refractivity contribution in [2.45, 2.75) is 31.2 Å². The van der Waals surface area contributed by atoms with Crippen LogP contribution in [0.15, 0.2) is 17.5 Å². The predicted octanol–water partition coefficient (Wildman–Crippen LogP) is 0.899. The molecule has 0 aliphatic heterocycles. The van der Waals surface area contributed by atoms with Crippen molar-refractivity contribution >= 4 is 23.2 Å². The van der Waals surface area contributed by atoms with E-state index in [4.69, 9.17) is 0 Å². The van der Waals surface area contributed by atoms with Crippen LogP contribution in [0.5, 0.6) is 0 Å². The van der Waals surface area contributed by atoms with Gasteiger partial charge in [-0.3, -0.25) is 9.59 Å². The molecule has 1 aliphatic carbocycles. The van der Waals surface area contributed by atoms with E-state index in [1.54, 1.807) is 6.07 Å². The van der Waals surface area contributed by atoms with Gasteiger partial charge in [0, 0.05) is 13.0 Å². The highest BCUT2D eigenvalue weighted by molar-refractivity contribution is 7.12. The Morgan fingerprint density at radius 2 is 2.21 bits per heavy atom. The zero-order valence-corrected chi connectivity index (χ0v) is 11.5. The first kappa shape index (κ1) is 14.0. The van der Waals surface area contributed by atoms with Crippen LogP contribution in [0.4, 0.5) is 0 Å². The third-order valence-corrected chi connectivity index (χ3v) is 4.27. The third kappa shape index (κ3) is 3.54. The zero-order valence-electron chi connectivity index (χ0n) is 10.6. The Kier molecular flexibility index (Phi) is 4.55. The molecule has 6 heteroatoms. The first-order chi connectivity index (χ1) is 9.15. The van der Waals surface area contributed by atoms with E-state index in [9.17, 15) is 14.7 Å². The van der Waals surface area contributed by atoms with E-state index in [2.05, 4.69) is 10.6 Å². The summed E-state index contributed by atoms with van der Waals surface area (Å²) in [5.74, 6) is -0.274. The summed E-state index contributed by atoms with van der Waals surface area (Å²) in [6, 6.07) is 3.56. The summed E-state index contributed by atoms with van der Waals surface area (Å²) in [6.07, 6.45) is 2.93. The van der Waals surface area contributed by atoms with Crippen LogP contribution in [0.3, 0.4) is 0 Å². The standard InChI is InChI=1S/C13H18N2O3S/c16-9-13(5-2-6-13)15-11(17)4-7-14-12(18)10-3-1-8-19-10/h1,3,8,16H,2,4-7,9H2,(H,14,18)(H,15,17). The van der Waals surface area contributed by atoms with Gasteiger partial charge in [0.15, 0.2) is 0 Å². The molecule has 1 aliphatic rings. The number of aliphatic hydroxyl groups is 1. The van der Waals surface area contributed by atoms with Crippen LogP contribution in [-0.2, 0) is 4.79 Å². The Balaban J connectivity index is 1.68. The van der Waals surface area contributed by atoms with Gasteiger partial charge in [0.1, 0.15) is 0 Å². The van der Waals surface area contributed by atoms with Gasteiger partial charge >= 0.3 is 0 Å². The number of amides is 2. The Morgan fingerprint density at radius 3 is 2.74 bits per heavy atom. The summed E-state index contributed by atoms with van der Waals surface area (Å²) in [5.41, 5.74) is -0.408. The first-order valence-corrected chi connectivity index (χ1v) is 7.27. The maximum atomic E-state index is 11.7. The molecule has 1 heterocycles. The minimum Gasteiger partial charge on any atom is -0.394 e. The van der Waals surface area contributed by atoms with Gasteiger partial charge in [-0.1, -0.05) is 6.07 Å². The summed E-state index contributed by atoms with van der Waals surface area (Å²) in [7, 11) is 0. The zero-order chi connectivity index (χ0) is 13.7. The molecule has 1 aromatic heterocycles. The average molecular weight is 282 g/mol. The predicted molar refractivity (Wildman–Crippen MR) is 73.1 cm³/mol. The van der Waals surface area contributed by atoms with Gasteiger partial charge in [-0.25, -0.2) is 0 Å². The highest BCUT2D eigenvalue weighted by Crippen LogP contribution is 2.31. The van der Waals surface area contributed by atoms with E-state index in [0.29, 0.717) is 11.4 Å². The summed E-state index contributed by atoms with van der Waals surface area (Å²) in [6.45, 7) is 0.296. The number of hydrogen-bond acceptors (Lipinski definition) is 4. The van der Waals surface area contributed by atoms with Crippen molar-refractivity contribution in [3.8, 4) is 0 Å². The first-order valence-electron chi connectivity index (χ1n) is 6.39. The quantitative estimate of drug-likeness (QED) is 0.725. The molecule has 0 bridgehead atoms. The number of thiophene rings is 1. The van der Waals surface area contributed by atoms with Crippen molar-refractivity contribution in [1.82, 2.24) is 10.6 Å². The summed E-state index contributed by atoms with van der Waals surface area (Å²) >= 11 is 1.37. The molecule has 5 nitrogen and oxygen atoms in total. The number of rotatable bonds is 6. The maximum absolute atomic E-state index is 11.7. The summed E-state index contributed by atoms with van der Waals surface area (Å²) in [4.78, 5) is 24.0. The summed E-state index contributed by atoms with van der Waals surface area (Å²) < 4.78 is 0. The molecule has 1 aromatic rings. The molecule has 0 saturated heterocycles. The molecular formula is C13H18N2O3S. The van der Waals surface area contributed by atoms with Crippen LogP contribution in [0.25, 0.3) is 0 Å². The Labute approximate surface area is 116 Å². The van der Waals surface area contributed by atoms with Crippen molar-refractivity contribution in [2.75, 3.05) is 13.2 Å². The van der Waals surface area contributed by atoms with Gasteiger partial charge in [-0.15, -0.1) is 11.3 Å². The van der Waals surface area contributed by atoms with Crippen LogP contribution in [0, 0.1) is 0 Å². The van der Waals surface area contributed by atoms with Crippen molar-refractivity contribution in [2.24, 2.45) is 0 Å². The molecule has 3 N–H and O–H groups in total. The Morgan fingerprint density at radius 1 is 1.42 bits per heavy atom. The maximum Gasteiger partial charge on any atom is 0.261 e. The molecule has 1 fully saturated rings. The second-order valence-electron chi connectivity index (χ2n) is 4.82. The van der Waals surface area contributed by atoms with E-state index in [0.717, 1.165) is 19.3 Å². The fourth-order valence-corrected chi connectivity index (χ4v) is 2.71. The lowest BCUT2D eigenvalue weighted by molar-refractivity contribution is -0.124. The van der Waals surface area contributed by atoms with Crippen molar-refractivity contribution in [1.29, 1.82) is 0 Å². The number of carbonyl (C=O) groups excluding carboxylic acids is 2. The molecule has 2 rings (SSSR count). The number of aliphatic hydroxyl groups excluding tert-OH is 1. The molecule has 0 radical (unpaired) electrons. The minimum absolute atomic E-state index is 0.0136. The molecule has 104 valence electrons. The average Bonchev–Trinajstić information content (AvgIpc) is 2.87. The van der Waals surface area contributed by atoms with E-state index < -0.39 is 5.54 Å². The number of nitrogens with one attached hydrogen (secondary N) is 2. The highest BCUT2D eigenvalue weighted by atomic mass is 32.1. The molecule has 1 saturated carbocycles. The van der Waals surface area contributed by atoms with Gasteiger partial charge in [-0.05, 0) is 30.7 Å². The second-order valence-corrected chi connectivity index (χ2v) is 5.77. The number of hydrogen-bond donors (Lipinski definition) is 3. The van der Waals surface area contributed by atoms with E-state index in [1.165, 1.54) is 11.3 Å². The van der Waals surface area contributed by atoms with Gasteiger partial charge < -0.3 is 15.7 Å². The van der Waals surface area contributed by atoms with Gasteiger partial charge in [-0.2, -0.15) is 0 Å². The lowest BCUT2D eigenvalue weighted by Gasteiger charge is -2.41. The van der Waals surface area contributed by atoms with Crippen molar-refractivity contribution in [3.05, 3.63) is 22.4 Å². The monoisotopic (exact) mass is 282 g/mol. The van der Waals surface area contributed by atoms with Crippen molar-refractivity contribution < 1.29 is 14.7 Å². The molecule has 0 aromatic carbocycles. The molecule has 0 atom stereocenters. The fraction of sp³-hybridized carbons (Fsp3) is 0.538. The molecule has 19 heavy (non-hydrogen) atoms. The molecule has 2 amide bonds. The van der Waals surface area contributed by atoms with E-state index in [1.807, 2.05) is 11.4 Å². The van der Waals surface area contributed by atoms with Crippen molar-refractivity contribution in [3.63, 3.8) is 0 Å². The lowest BCUT2D eigenvalue weighted by atomic mass is 9.77. The topological polar surface area (TPSA) is 78.4 Å². The van der Waals surface area contributed by atoms with Crippen LogP contribution in [0.2, 0.25) is 0 Å². The number of carbonyl (C=O) groups is 2. The Bertz CT molecular complexity index is 435. The van der Waals surface area contributed by atoms with Crippen LogP contribution < -0.4 is 10.6 Å². The van der Waals surface area contributed by atoms with Gasteiger partial charge in [0.25, 0.3) is 5.91 Å².